The van der Waals surface area contributed by atoms with Gasteiger partial charge < -0.3 is 15.4 Å². The molecule has 0 saturated heterocycles. The van der Waals surface area contributed by atoms with E-state index in [2.05, 4.69) is 10.6 Å². The highest BCUT2D eigenvalue weighted by Crippen LogP contribution is 2.20. The molecule has 2 amide bonds. The van der Waals surface area contributed by atoms with Crippen LogP contribution in [0, 0.1) is 5.92 Å². The van der Waals surface area contributed by atoms with Gasteiger partial charge in [-0.05, 0) is 48.7 Å². The molecule has 144 valence electrons. The fourth-order valence-electron chi connectivity index (χ4n) is 2.40. The van der Waals surface area contributed by atoms with Gasteiger partial charge in [-0.2, -0.15) is 0 Å². The lowest BCUT2D eigenvalue weighted by Crippen LogP contribution is -2.34. The van der Waals surface area contributed by atoms with Crippen molar-refractivity contribution in [3.63, 3.8) is 0 Å². The third-order valence-corrected chi connectivity index (χ3v) is 4.11. The van der Waals surface area contributed by atoms with Crippen LogP contribution >= 0.6 is 11.6 Å². The summed E-state index contributed by atoms with van der Waals surface area (Å²) in [5.74, 6) is 0.375. The van der Waals surface area contributed by atoms with Crippen molar-refractivity contribution in [3.05, 3.63) is 59.1 Å². The Balaban J connectivity index is 2.09. The van der Waals surface area contributed by atoms with Crippen molar-refractivity contribution in [2.24, 2.45) is 5.92 Å². The van der Waals surface area contributed by atoms with Gasteiger partial charge in [0.1, 0.15) is 5.75 Å². The number of anilines is 1. The molecule has 0 fully saturated rings. The Kier molecular flexibility index (Phi) is 7.67. The molecule has 0 saturated carbocycles. The average Bonchev–Trinajstić information content (AvgIpc) is 2.66. The van der Waals surface area contributed by atoms with Gasteiger partial charge in [-0.1, -0.05) is 44.5 Å². The van der Waals surface area contributed by atoms with Crippen LogP contribution < -0.4 is 15.4 Å². The summed E-state index contributed by atoms with van der Waals surface area (Å²) in [5.41, 5.74) is 0.884. The van der Waals surface area contributed by atoms with Gasteiger partial charge in [0.05, 0.1) is 11.3 Å². The first-order chi connectivity index (χ1) is 12.9. The lowest BCUT2D eigenvalue weighted by atomic mass is 10.1. The Bertz CT molecular complexity index is 775. The molecule has 0 spiro atoms. The Labute approximate surface area is 165 Å². The van der Waals surface area contributed by atoms with Crippen molar-refractivity contribution in [2.45, 2.75) is 33.3 Å². The fraction of sp³-hybridized carbons (Fsp3) is 0.333. The van der Waals surface area contributed by atoms with E-state index in [9.17, 15) is 9.59 Å². The van der Waals surface area contributed by atoms with Gasteiger partial charge in [-0.25, -0.2) is 0 Å². The normalized spacial score (nSPS) is 11.7. The number of hydrogen-bond acceptors (Lipinski definition) is 3. The average molecular weight is 389 g/mol. The van der Waals surface area contributed by atoms with Crippen LogP contribution in [0.1, 0.15) is 37.6 Å². The van der Waals surface area contributed by atoms with Crippen molar-refractivity contribution in [3.8, 4) is 5.75 Å². The number of rotatable bonds is 8. The van der Waals surface area contributed by atoms with Crippen LogP contribution in [0.5, 0.6) is 5.75 Å². The van der Waals surface area contributed by atoms with E-state index in [1.54, 1.807) is 48.5 Å². The molecule has 2 aromatic rings. The molecule has 1 atom stereocenters. The predicted octanol–water partition coefficient (Wildman–Crippen LogP) is 4.52. The van der Waals surface area contributed by atoms with Crippen LogP contribution in [0.2, 0.25) is 5.02 Å². The summed E-state index contributed by atoms with van der Waals surface area (Å²) >= 11 is 5.87. The molecule has 0 heterocycles. The van der Waals surface area contributed by atoms with Gasteiger partial charge in [0, 0.05) is 11.6 Å². The molecule has 0 aliphatic heterocycles. The number of benzene rings is 2. The molecule has 0 aliphatic carbocycles. The number of para-hydroxylation sites is 1. The van der Waals surface area contributed by atoms with E-state index in [0.29, 0.717) is 40.9 Å². The zero-order chi connectivity index (χ0) is 19.8. The molecule has 2 aromatic carbocycles. The summed E-state index contributed by atoms with van der Waals surface area (Å²) in [5, 5.41) is 6.28. The Morgan fingerprint density at radius 3 is 2.37 bits per heavy atom. The summed E-state index contributed by atoms with van der Waals surface area (Å²) in [6.07, 6.45) is -0.200. The molecule has 0 unspecified atom stereocenters. The molecule has 5 nitrogen and oxygen atoms in total. The molecule has 0 aromatic heterocycles. The maximum absolute atomic E-state index is 12.7. The molecular formula is C21H25ClN2O3. The van der Waals surface area contributed by atoms with Crippen LogP contribution in [-0.4, -0.2) is 24.5 Å². The van der Waals surface area contributed by atoms with Gasteiger partial charge in [0.2, 0.25) is 0 Å². The van der Waals surface area contributed by atoms with Crippen molar-refractivity contribution in [1.29, 1.82) is 0 Å². The van der Waals surface area contributed by atoms with Gasteiger partial charge in [0.25, 0.3) is 11.8 Å². The summed E-state index contributed by atoms with van der Waals surface area (Å²) in [6.45, 7) is 6.47. The monoisotopic (exact) mass is 388 g/mol. The van der Waals surface area contributed by atoms with Gasteiger partial charge >= 0.3 is 0 Å². The number of hydrogen-bond donors (Lipinski definition) is 2. The lowest BCUT2D eigenvalue weighted by molar-refractivity contribution is -0.122. The number of ether oxygens (including phenoxy) is 1. The highest BCUT2D eigenvalue weighted by molar-refractivity contribution is 6.30. The van der Waals surface area contributed by atoms with E-state index >= 15 is 0 Å². The van der Waals surface area contributed by atoms with Gasteiger partial charge in [0.15, 0.2) is 6.10 Å². The Hall–Kier alpha value is -2.53. The third kappa shape index (κ3) is 6.29. The quantitative estimate of drug-likeness (QED) is 0.698. The van der Waals surface area contributed by atoms with Crippen molar-refractivity contribution in [2.75, 3.05) is 11.9 Å². The summed E-state index contributed by atoms with van der Waals surface area (Å²) in [6, 6.07) is 13.8. The molecule has 2 N–H and O–H groups in total. The number of nitrogens with one attached hydrogen (secondary N) is 2. The SMILES string of the molecule is CC[C@@H](Oc1ccc(Cl)cc1)C(=O)Nc1ccccc1C(=O)NCC(C)C. The molecular weight excluding hydrogens is 364 g/mol. The largest absolute Gasteiger partial charge is 0.481 e. The molecule has 27 heavy (non-hydrogen) atoms. The van der Waals surface area contributed by atoms with Crippen molar-refractivity contribution >= 4 is 29.1 Å². The van der Waals surface area contributed by atoms with Gasteiger partial charge in [-0.3, -0.25) is 9.59 Å². The van der Waals surface area contributed by atoms with Crippen LogP contribution in [0.3, 0.4) is 0 Å². The second-order valence-electron chi connectivity index (χ2n) is 6.61. The minimum absolute atomic E-state index is 0.216. The highest BCUT2D eigenvalue weighted by atomic mass is 35.5. The lowest BCUT2D eigenvalue weighted by Gasteiger charge is -2.18. The van der Waals surface area contributed by atoms with Crippen LogP contribution in [-0.2, 0) is 4.79 Å². The van der Waals surface area contributed by atoms with E-state index in [0.717, 1.165) is 0 Å². The number of carbonyl (C=O) groups excluding carboxylic acids is 2. The van der Waals surface area contributed by atoms with Crippen molar-refractivity contribution < 1.29 is 14.3 Å². The van der Waals surface area contributed by atoms with Crippen LogP contribution in [0.15, 0.2) is 48.5 Å². The highest BCUT2D eigenvalue weighted by Gasteiger charge is 2.21. The van der Waals surface area contributed by atoms with Crippen molar-refractivity contribution in [1.82, 2.24) is 5.32 Å². The zero-order valence-electron chi connectivity index (χ0n) is 15.8. The minimum atomic E-state index is -0.682. The van der Waals surface area contributed by atoms with E-state index < -0.39 is 6.10 Å². The summed E-state index contributed by atoms with van der Waals surface area (Å²) < 4.78 is 5.76. The predicted molar refractivity (Wildman–Crippen MR) is 108 cm³/mol. The Morgan fingerprint density at radius 1 is 1.07 bits per heavy atom. The second-order valence-corrected chi connectivity index (χ2v) is 7.04. The van der Waals surface area contributed by atoms with Crippen LogP contribution in [0.4, 0.5) is 5.69 Å². The maximum Gasteiger partial charge on any atom is 0.265 e. The number of amides is 2. The standard InChI is InChI=1S/C21H25ClN2O3/c1-4-19(27-16-11-9-15(22)10-12-16)21(26)24-18-8-6-5-7-17(18)20(25)23-13-14(2)3/h5-12,14,19H,4,13H2,1-3H3,(H,23,25)(H,24,26)/t19-/m1/s1. The van der Waals surface area contributed by atoms with Gasteiger partial charge in [-0.15, -0.1) is 0 Å². The van der Waals surface area contributed by atoms with Crippen LogP contribution in [0.25, 0.3) is 0 Å². The molecule has 6 heteroatoms. The summed E-state index contributed by atoms with van der Waals surface area (Å²) in [4.78, 5) is 25.1. The molecule has 0 aliphatic rings. The first kappa shape index (κ1) is 20.8. The smallest absolute Gasteiger partial charge is 0.265 e. The fourth-order valence-corrected chi connectivity index (χ4v) is 2.52. The molecule has 0 radical (unpaired) electrons. The maximum atomic E-state index is 12.7. The first-order valence-corrected chi connectivity index (χ1v) is 9.38. The Morgan fingerprint density at radius 2 is 1.74 bits per heavy atom. The van der Waals surface area contributed by atoms with E-state index in [1.165, 1.54) is 0 Å². The van der Waals surface area contributed by atoms with E-state index in [4.69, 9.17) is 16.3 Å². The topological polar surface area (TPSA) is 67.4 Å². The summed E-state index contributed by atoms with van der Waals surface area (Å²) in [7, 11) is 0. The molecule has 2 rings (SSSR count). The first-order valence-electron chi connectivity index (χ1n) is 9.01. The zero-order valence-corrected chi connectivity index (χ0v) is 16.5. The number of halogens is 1. The van der Waals surface area contributed by atoms with E-state index in [-0.39, 0.29) is 11.8 Å². The minimum Gasteiger partial charge on any atom is -0.481 e. The molecule has 0 bridgehead atoms. The third-order valence-electron chi connectivity index (χ3n) is 3.86. The second kappa shape index (κ2) is 9.97. The van der Waals surface area contributed by atoms with E-state index in [1.807, 2.05) is 20.8 Å². The number of carbonyl (C=O) groups is 2.